The minimum absolute atomic E-state index is 0.105. The first kappa shape index (κ1) is 21.4. The molecule has 0 atom stereocenters. The van der Waals surface area contributed by atoms with Crippen molar-refractivity contribution in [3.05, 3.63) is 50.1 Å². The van der Waals surface area contributed by atoms with Crippen LogP contribution in [0.3, 0.4) is 0 Å². The van der Waals surface area contributed by atoms with Crippen LogP contribution in [-0.2, 0) is 24.1 Å². The molecule has 1 aromatic carbocycles. The van der Waals surface area contributed by atoms with Crippen molar-refractivity contribution in [2.24, 2.45) is 0 Å². The van der Waals surface area contributed by atoms with Crippen LogP contribution in [0.4, 0.5) is 0 Å². The largest absolute Gasteiger partial charge is 0.492 e. The number of aryl methyl sites for hydroxylation is 4. The number of benzene rings is 1. The molecule has 3 aromatic rings. The maximum absolute atomic E-state index is 13.4. The summed E-state index contributed by atoms with van der Waals surface area (Å²) in [6.07, 6.45) is 4.01. The first-order valence-corrected chi connectivity index (χ1v) is 12.3. The van der Waals surface area contributed by atoms with Crippen LogP contribution in [-0.4, -0.2) is 35.6 Å². The molecule has 1 aliphatic rings. The van der Waals surface area contributed by atoms with Gasteiger partial charge in [-0.1, -0.05) is 30.0 Å². The van der Waals surface area contributed by atoms with Crippen LogP contribution in [0, 0.1) is 13.8 Å². The summed E-state index contributed by atoms with van der Waals surface area (Å²) >= 11 is 3.30. The van der Waals surface area contributed by atoms with Gasteiger partial charge in [-0.15, -0.1) is 11.3 Å². The number of hydrogen-bond donors (Lipinski definition) is 0. The van der Waals surface area contributed by atoms with Crippen molar-refractivity contribution in [1.82, 2.24) is 9.55 Å². The highest BCUT2D eigenvalue weighted by molar-refractivity contribution is 7.99. The summed E-state index contributed by atoms with van der Waals surface area (Å²) in [6, 6.07) is 6.17. The Morgan fingerprint density at radius 2 is 2.00 bits per heavy atom. The highest BCUT2D eigenvalue weighted by atomic mass is 32.2. The van der Waals surface area contributed by atoms with Crippen molar-refractivity contribution in [2.75, 3.05) is 26.1 Å². The zero-order chi connectivity index (χ0) is 21.1. The molecule has 0 aliphatic heterocycles. The molecule has 7 heteroatoms. The third-order valence-electron chi connectivity index (χ3n) is 5.49. The molecule has 0 amide bonds. The van der Waals surface area contributed by atoms with Crippen molar-refractivity contribution in [3.63, 3.8) is 0 Å². The van der Waals surface area contributed by atoms with Gasteiger partial charge in [-0.2, -0.15) is 0 Å². The lowest BCUT2D eigenvalue weighted by Gasteiger charge is -2.14. The number of aromatic nitrogens is 2. The second-order valence-corrected chi connectivity index (χ2v) is 9.80. The average molecular weight is 445 g/mol. The van der Waals surface area contributed by atoms with E-state index in [-0.39, 0.29) is 5.56 Å². The zero-order valence-corrected chi connectivity index (χ0v) is 19.5. The molecule has 160 valence electrons. The zero-order valence-electron chi connectivity index (χ0n) is 17.8. The van der Waals surface area contributed by atoms with E-state index in [1.165, 1.54) is 10.4 Å². The maximum Gasteiger partial charge on any atom is 0.263 e. The van der Waals surface area contributed by atoms with Gasteiger partial charge in [-0.3, -0.25) is 9.36 Å². The fraction of sp³-hybridized carbons (Fsp3) is 0.478. The first-order valence-electron chi connectivity index (χ1n) is 10.5. The van der Waals surface area contributed by atoms with Crippen LogP contribution < -0.4 is 10.3 Å². The monoisotopic (exact) mass is 444 g/mol. The second kappa shape index (κ2) is 9.54. The number of thiophene rings is 1. The molecule has 30 heavy (non-hydrogen) atoms. The van der Waals surface area contributed by atoms with Gasteiger partial charge in [0.2, 0.25) is 0 Å². The Morgan fingerprint density at radius 1 is 1.20 bits per heavy atom. The van der Waals surface area contributed by atoms with Gasteiger partial charge in [0.25, 0.3) is 5.56 Å². The average Bonchev–Trinajstić information content (AvgIpc) is 3.30. The predicted molar refractivity (Wildman–Crippen MR) is 125 cm³/mol. The Kier molecular flexibility index (Phi) is 6.80. The molecule has 0 spiro atoms. The molecule has 0 fully saturated rings. The molecule has 0 bridgehead atoms. The number of thioether (sulfide) groups is 1. The van der Waals surface area contributed by atoms with Gasteiger partial charge in [0.05, 0.1) is 12.0 Å². The highest BCUT2D eigenvalue weighted by Crippen LogP contribution is 2.35. The quantitative estimate of drug-likeness (QED) is 0.270. The van der Waals surface area contributed by atoms with E-state index in [0.29, 0.717) is 19.8 Å². The molecular formula is C23H28N2O3S2. The van der Waals surface area contributed by atoms with Gasteiger partial charge in [-0.05, 0) is 56.2 Å². The smallest absolute Gasteiger partial charge is 0.263 e. The van der Waals surface area contributed by atoms with Crippen molar-refractivity contribution in [2.45, 2.75) is 51.2 Å². The Labute approximate surface area is 185 Å². The van der Waals surface area contributed by atoms with Crippen molar-refractivity contribution in [1.29, 1.82) is 0 Å². The molecule has 5 nitrogen and oxygen atoms in total. The van der Waals surface area contributed by atoms with Crippen LogP contribution in [0.15, 0.2) is 28.2 Å². The number of methoxy groups -OCH3 is 1. The van der Waals surface area contributed by atoms with Crippen LogP contribution in [0.5, 0.6) is 5.75 Å². The normalized spacial score (nSPS) is 13.2. The van der Waals surface area contributed by atoms with E-state index < -0.39 is 0 Å². The molecule has 0 radical (unpaired) electrons. The summed E-state index contributed by atoms with van der Waals surface area (Å²) in [5.74, 6) is 1.69. The first-order chi connectivity index (χ1) is 14.6. The summed E-state index contributed by atoms with van der Waals surface area (Å²) in [6.45, 7) is 5.96. The Morgan fingerprint density at radius 3 is 2.77 bits per heavy atom. The summed E-state index contributed by atoms with van der Waals surface area (Å²) in [4.78, 5) is 20.5. The van der Waals surface area contributed by atoms with Crippen LogP contribution in [0.2, 0.25) is 0 Å². The second-order valence-electron chi connectivity index (χ2n) is 7.65. The molecule has 0 saturated carbocycles. The van der Waals surface area contributed by atoms with Gasteiger partial charge in [0.15, 0.2) is 5.16 Å². The lowest BCUT2D eigenvalue weighted by molar-refractivity contribution is 0.189. The van der Waals surface area contributed by atoms with E-state index in [9.17, 15) is 4.79 Å². The molecule has 1 aliphatic carbocycles. The van der Waals surface area contributed by atoms with Crippen LogP contribution in [0.25, 0.3) is 10.2 Å². The van der Waals surface area contributed by atoms with E-state index in [2.05, 4.69) is 26.0 Å². The predicted octanol–water partition coefficient (Wildman–Crippen LogP) is 4.77. The summed E-state index contributed by atoms with van der Waals surface area (Å²) in [5, 5.41) is 1.63. The molecule has 0 unspecified atom stereocenters. The van der Waals surface area contributed by atoms with Crippen molar-refractivity contribution in [3.8, 4) is 5.75 Å². The number of nitrogens with zero attached hydrogens (tertiary/aromatic N) is 2. The molecule has 2 aromatic heterocycles. The number of hydrogen-bond acceptors (Lipinski definition) is 6. The van der Waals surface area contributed by atoms with Crippen molar-refractivity contribution >= 4 is 33.3 Å². The van der Waals surface area contributed by atoms with Gasteiger partial charge in [0, 0.05) is 30.9 Å². The third-order valence-corrected chi connectivity index (χ3v) is 7.62. The SMILES string of the molecule is COCCCn1c(SCCOc2c(C)cccc2C)nc2sc3c(c2c1=O)CCC3. The summed E-state index contributed by atoms with van der Waals surface area (Å²) in [7, 11) is 1.69. The van der Waals surface area contributed by atoms with Gasteiger partial charge >= 0.3 is 0 Å². The third kappa shape index (κ3) is 4.29. The number of ether oxygens (including phenoxy) is 2. The standard InChI is InChI=1S/C23H28N2O3S2/c1-15-7-4-8-16(2)20(15)28-13-14-29-23-24-21-19(17-9-5-10-18(17)30-21)22(26)25(23)11-6-12-27-3/h4,7-8H,5-6,9-14H2,1-3H3. The number of fused-ring (bicyclic) bond motifs is 3. The van der Waals surface area contributed by atoms with E-state index in [1.807, 2.05) is 10.6 Å². The Balaban J connectivity index is 1.54. The number of para-hydroxylation sites is 1. The minimum Gasteiger partial charge on any atom is -0.492 e. The van der Waals surface area contributed by atoms with E-state index >= 15 is 0 Å². The summed E-state index contributed by atoms with van der Waals surface area (Å²) in [5.41, 5.74) is 3.63. The van der Waals surface area contributed by atoms with Gasteiger partial charge in [0.1, 0.15) is 10.6 Å². The summed E-state index contributed by atoms with van der Waals surface area (Å²) < 4.78 is 13.1. The van der Waals surface area contributed by atoms with E-state index in [1.54, 1.807) is 30.2 Å². The molecular weight excluding hydrogens is 416 g/mol. The van der Waals surface area contributed by atoms with Gasteiger partial charge < -0.3 is 9.47 Å². The van der Waals surface area contributed by atoms with Crippen LogP contribution >= 0.6 is 23.1 Å². The van der Waals surface area contributed by atoms with E-state index in [4.69, 9.17) is 14.5 Å². The fourth-order valence-electron chi connectivity index (χ4n) is 4.04. The fourth-order valence-corrected chi connectivity index (χ4v) is 6.18. The Bertz CT molecular complexity index is 1080. The highest BCUT2D eigenvalue weighted by Gasteiger charge is 2.23. The minimum atomic E-state index is 0.105. The molecule has 4 rings (SSSR count). The Hall–Kier alpha value is -1.83. The lowest BCUT2D eigenvalue weighted by atomic mass is 10.1. The van der Waals surface area contributed by atoms with Gasteiger partial charge in [-0.25, -0.2) is 4.98 Å². The van der Waals surface area contributed by atoms with Crippen LogP contribution in [0.1, 0.15) is 34.4 Å². The topological polar surface area (TPSA) is 53.4 Å². The lowest BCUT2D eigenvalue weighted by Crippen LogP contribution is -2.24. The number of rotatable bonds is 9. The maximum atomic E-state index is 13.4. The van der Waals surface area contributed by atoms with Crippen molar-refractivity contribution < 1.29 is 9.47 Å². The molecule has 0 saturated heterocycles. The molecule has 0 N–H and O–H groups in total. The molecule has 2 heterocycles. The van der Waals surface area contributed by atoms with E-state index in [0.717, 1.165) is 63.7 Å².